The Morgan fingerprint density at radius 1 is 0.872 bits per heavy atom. The van der Waals surface area contributed by atoms with Crippen LogP contribution in [0.3, 0.4) is 0 Å². The van der Waals surface area contributed by atoms with Crippen molar-refractivity contribution in [2.45, 2.75) is 25.3 Å². The van der Waals surface area contributed by atoms with Crippen molar-refractivity contribution in [2.75, 3.05) is 5.32 Å². The zero-order valence-corrected chi connectivity index (χ0v) is 23.8. The number of carbonyl (C=O) groups is 1. The molecule has 0 aliphatic heterocycles. The molecule has 9 N–H and O–H groups in total. The molecule has 0 saturated heterocycles. The third kappa shape index (κ3) is 8.18. The van der Waals surface area contributed by atoms with E-state index in [1.807, 2.05) is 61.6 Å². The number of halogens is 3. The van der Waals surface area contributed by atoms with Gasteiger partial charge in [-0.05, 0) is 42.2 Å². The van der Waals surface area contributed by atoms with Gasteiger partial charge in [0.05, 0.1) is 17.1 Å². The number of imidazole rings is 1. The summed E-state index contributed by atoms with van der Waals surface area (Å²) in [5.74, 6) is 0.717. The van der Waals surface area contributed by atoms with Gasteiger partial charge in [-0.2, -0.15) is 0 Å². The summed E-state index contributed by atoms with van der Waals surface area (Å²) >= 11 is 0. The molecule has 0 bridgehead atoms. The van der Waals surface area contributed by atoms with E-state index in [0.717, 1.165) is 40.8 Å². The molecule has 0 fully saturated rings. The lowest BCUT2D eigenvalue weighted by Gasteiger charge is -2.13. The first kappa shape index (κ1) is 33.4. The van der Waals surface area contributed by atoms with Gasteiger partial charge in [0.1, 0.15) is 17.5 Å². The normalized spacial score (nSPS) is 10.9. The molecule has 0 saturated carbocycles. The van der Waals surface area contributed by atoms with Crippen molar-refractivity contribution in [3.8, 4) is 0 Å². The predicted molar refractivity (Wildman–Crippen MR) is 165 cm³/mol. The lowest BCUT2D eigenvalue weighted by molar-refractivity contribution is -0.117. The van der Waals surface area contributed by atoms with Crippen molar-refractivity contribution in [3.05, 3.63) is 94.8 Å². The fourth-order valence-electron chi connectivity index (χ4n) is 4.06. The summed E-state index contributed by atoms with van der Waals surface area (Å²) in [5, 5.41) is 17.9. The topological polar surface area (TPSA) is 173 Å². The van der Waals surface area contributed by atoms with Gasteiger partial charge in [0.25, 0.3) is 0 Å². The van der Waals surface area contributed by atoms with Gasteiger partial charge in [0.2, 0.25) is 5.91 Å². The van der Waals surface area contributed by atoms with E-state index in [4.69, 9.17) is 33.0 Å². The van der Waals surface area contributed by atoms with Crippen LogP contribution >= 0.6 is 37.2 Å². The summed E-state index contributed by atoms with van der Waals surface area (Å²) < 4.78 is 2.06. The lowest BCUT2D eigenvalue weighted by atomic mass is 10.0. The van der Waals surface area contributed by atoms with Crippen LogP contribution < -0.4 is 22.5 Å². The summed E-state index contributed by atoms with van der Waals surface area (Å²) in [4.78, 5) is 17.5. The minimum atomic E-state index is -0.724. The lowest BCUT2D eigenvalue weighted by Crippen LogP contribution is -2.37. The van der Waals surface area contributed by atoms with Crippen molar-refractivity contribution in [1.82, 2.24) is 9.55 Å². The van der Waals surface area contributed by atoms with E-state index in [1.165, 1.54) is 0 Å². The van der Waals surface area contributed by atoms with Crippen molar-refractivity contribution >= 4 is 71.5 Å². The molecule has 1 amide bonds. The monoisotopic (exact) mass is 590 g/mol. The average Bonchev–Trinajstić information content (AvgIpc) is 3.17. The van der Waals surface area contributed by atoms with Crippen LogP contribution in [0.5, 0.6) is 0 Å². The van der Waals surface area contributed by atoms with Crippen molar-refractivity contribution < 1.29 is 4.79 Å². The van der Waals surface area contributed by atoms with Gasteiger partial charge in [-0.3, -0.25) is 15.6 Å². The number of nitrogens with two attached hydrogens (primary N) is 3. The van der Waals surface area contributed by atoms with E-state index < -0.39 is 6.04 Å². The number of carbonyl (C=O) groups excluding carboxylic acids is 1. The Hall–Kier alpha value is -3.63. The molecular formula is C27H33Cl3N8O. The Bertz CT molecular complexity index is 1440. The number of amides is 1. The molecule has 4 aromatic rings. The molecule has 0 radical (unpaired) electrons. The van der Waals surface area contributed by atoms with Gasteiger partial charge < -0.3 is 27.1 Å². The van der Waals surface area contributed by atoms with Crippen LogP contribution in [-0.4, -0.2) is 33.2 Å². The molecular weight excluding hydrogens is 559 g/mol. The molecule has 39 heavy (non-hydrogen) atoms. The van der Waals surface area contributed by atoms with E-state index in [9.17, 15) is 4.79 Å². The van der Waals surface area contributed by atoms with Gasteiger partial charge in [0, 0.05) is 30.3 Å². The van der Waals surface area contributed by atoms with E-state index in [1.54, 1.807) is 12.1 Å². The average molecular weight is 592 g/mol. The maximum absolute atomic E-state index is 12.7. The number of anilines is 1. The molecule has 0 aliphatic carbocycles. The summed E-state index contributed by atoms with van der Waals surface area (Å²) in [5.41, 5.74) is 22.9. The minimum absolute atomic E-state index is 0. The molecule has 1 unspecified atom stereocenters. The Morgan fingerprint density at radius 2 is 1.41 bits per heavy atom. The SMILES string of the molecule is Cl.Cl.Cl.Cn1c(CCc2ccc(C(=N)N)cc2)nc2cc(NC(=O)C(N)Cc3ccc(C(=N)N)cc3)ccc21. The molecule has 3 aromatic carbocycles. The molecule has 0 spiro atoms. The third-order valence-electron chi connectivity index (χ3n) is 6.20. The molecule has 1 atom stereocenters. The standard InChI is InChI=1S/C27H30N8O.3ClH/c1-35-23-12-11-20(33-27(36)21(28)14-17-4-9-19(10-5-17)26(31)32)15-22(23)34-24(35)13-6-16-2-7-18(8-3-16)25(29)30;;;/h2-5,7-12,15,21H,6,13-14,28H2,1H3,(H3,29,30)(H3,31,32)(H,33,36);3*1H. The number of hydrogen-bond acceptors (Lipinski definition) is 5. The quantitative estimate of drug-likeness (QED) is 0.128. The second-order valence-corrected chi connectivity index (χ2v) is 8.81. The highest BCUT2D eigenvalue weighted by Gasteiger charge is 2.16. The van der Waals surface area contributed by atoms with Crippen LogP contribution in [-0.2, 0) is 31.1 Å². The fraction of sp³-hybridized carbons (Fsp3) is 0.185. The van der Waals surface area contributed by atoms with Crippen LogP contribution in [0.25, 0.3) is 11.0 Å². The molecule has 12 heteroatoms. The minimum Gasteiger partial charge on any atom is -0.384 e. The molecule has 0 aliphatic rings. The van der Waals surface area contributed by atoms with Crippen LogP contribution in [0, 0.1) is 10.8 Å². The van der Waals surface area contributed by atoms with E-state index >= 15 is 0 Å². The summed E-state index contributed by atoms with van der Waals surface area (Å²) in [7, 11) is 1.98. The molecule has 1 aromatic heterocycles. The highest BCUT2D eigenvalue weighted by Crippen LogP contribution is 2.21. The number of nitrogen functional groups attached to an aromatic ring is 2. The number of hydrogen-bond donors (Lipinski definition) is 6. The first-order chi connectivity index (χ1) is 17.2. The first-order valence-corrected chi connectivity index (χ1v) is 11.6. The number of nitrogens with one attached hydrogen (secondary N) is 3. The van der Waals surface area contributed by atoms with Crippen molar-refractivity contribution in [2.24, 2.45) is 24.2 Å². The molecule has 9 nitrogen and oxygen atoms in total. The van der Waals surface area contributed by atoms with Gasteiger partial charge in [-0.15, -0.1) is 37.2 Å². The zero-order chi connectivity index (χ0) is 25.8. The van der Waals surface area contributed by atoms with Crippen LogP contribution in [0.1, 0.15) is 28.1 Å². The Balaban J connectivity index is 0.00000253. The van der Waals surface area contributed by atoms with Gasteiger partial charge >= 0.3 is 0 Å². The fourth-order valence-corrected chi connectivity index (χ4v) is 4.06. The second kappa shape index (κ2) is 14.5. The second-order valence-electron chi connectivity index (χ2n) is 8.81. The largest absolute Gasteiger partial charge is 0.384 e. The number of rotatable bonds is 9. The summed E-state index contributed by atoms with van der Waals surface area (Å²) in [6.07, 6.45) is 1.92. The Kier molecular flexibility index (Phi) is 12.4. The Morgan fingerprint density at radius 3 is 1.95 bits per heavy atom. The highest BCUT2D eigenvalue weighted by molar-refractivity contribution is 5.97. The summed E-state index contributed by atoms with van der Waals surface area (Å²) in [6, 6.07) is 19.7. The molecule has 4 rings (SSSR count). The van der Waals surface area contributed by atoms with Crippen LogP contribution in [0.2, 0.25) is 0 Å². The van der Waals surface area contributed by atoms with Crippen LogP contribution in [0.15, 0.2) is 66.7 Å². The van der Waals surface area contributed by atoms with E-state index in [-0.39, 0.29) is 54.8 Å². The Labute approximate surface area is 245 Å². The maximum atomic E-state index is 12.7. The van der Waals surface area contributed by atoms with E-state index in [2.05, 4.69) is 9.88 Å². The van der Waals surface area contributed by atoms with Crippen molar-refractivity contribution in [3.63, 3.8) is 0 Å². The van der Waals surface area contributed by atoms with Crippen molar-refractivity contribution in [1.29, 1.82) is 10.8 Å². The smallest absolute Gasteiger partial charge is 0.241 e. The maximum Gasteiger partial charge on any atom is 0.241 e. The highest BCUT2D eigenvalue weighted by atomic mass is 35.5. The molecule has 1 heterocycles. The first-order valence-electron chi connectivity index (χ1n) is 11.6. The predicted octanol–water partition coefficient (Wildman–Crippen LogP) is 3.70. The molecule has 208 valence electrons. The van der Waals surface area contributed by atoms with Gasteiger partial charge in [0.15, 0.2) is 0 Å². The number of aryl methyl sites for hydroxylation is 3. The van der Waals surface area contributed by atoms with E-state index in [0.29, 0.717) is 23.2 Å². The zero-order valence-electron chi connectivity index (χ0n) is 21.3. The number of benzene rings is 3. The number of nitrogens with zero attached hydrogens (tertiary/aromatic N) is 2. The number of aromatic nitrogens is 2. The van der Waals surface area contributed by atoms with Crippen LogP contribution in [0.4, 0.5) is 5.69 Å². The summed E-state index contributed by atoms with van der Waals surface area (Å²) in [6.45, 7) is 0. The van der Waals surface area contributed by atoms with Gasteiger partial charge in [-0.1, -0.05) is 48.5 Å². The van der Waals surface area contributed by atoms with Gasteiger partial charge in [-0.25, -0.2) is 4.98 Å². The number of amidine groups is 2. The number of fused-ring (bicyclic) bond motifs is 1. The third-order valence-corrected chi connectivity index (χ3v) is 6.20.